The molecule has 2 N–H and O–H groups in total. The van der Waals surface area contributed by atoms with Crippen molar-refractivity contribution in [3.8, 4) is 17.3 Å². The zero-order valence-electron chi connectivity index (χ0n) is 20.3. The van der Waals surface area contributed by atoms with Crippen LogP contribution in [0.3, 0.4) is 0 Å². The minimum Gasteiger partial charge on any atom is -0.392 e. The first-order valence-corrected chi connectivity index (χ1v) is 13.0. The van der Waals surface area contributed by atoms with Crippen molar-refractivity contribution in [1.82, 2.24) is 9.55 Å². The molecule has 0 radical (unpaired) electrons. The average molecular weight is 468 g/mol. The van der Waals surface area contributed by atoms with Crippen molar-refractivity contribution in [3.05, 3.63) is 77.7 Å². The zero-order chi connectivity index (χ0) is 24.2. The van der Waals surface area contributed by atoms with Crippen LogP contribution in [0.2, 0.25) is 0 Å². The number of nitrogens with zero attached hydrogens (tertiary/aromatic N) is 3. The molecule has 6 rings (SSSR count). The maximum atomic E-state index is 12.0. The summed E-state index contributed by atoms with van der Waals surface area (Å²) in [6.07, 6.45) is 9.36. The summed E-state index contributed by atoms with van der Waals surface area (Å²) in [7, 11) is 0. The van der Waals surface area contributed by atoms with E-state index in [2.05, 4.69) is 46.8 Å². The molecule has 6 unspecified atom stereocenters. The molecule has 0 spiro atoms. The molecule has 2 bridgehead atoms. The Morgan fingerprint density at radius 2 is 2.06 bits per heavy atom. The lowest BCUT2D eigenvalue weighted by Crippen LogP contribution is -2.51. The molecule has 5 nitrogen and oxygen atoms in total. The van der Waals surface area contributed by atoms with Crippen molar-refractivity contribution in [2.75, 3.05) is 0 Å². The Kier molecular flexibility index (Phi) is 5.36. The van der Waals surface area contributed by atoms with Gasteiger partial charge < -0.3 is 14.8 Å². The highest BCUT2D eigenvalue weighted by Gasteiger charge is 2.54. The molecule has 2 aromatic carbocycles. The second-order valence-corrected chi connectivity index (χ2v) is 11.1. The van der Waals surface area contributed by atoms with E-state index in [0.717, 1.165) is 49.8 Å². The Hall–Kier alpha value is -2.94. The molecule has 1 aliphatic heterocycles. The van der Waals surface area contributed by atoms with Gasteiger partial charge >= 0.3 is 0 Å². The van der Waals surface area contributed by atoms with Crippen molar-refractivity contribution in [2.45, 2.75) is 69.6 Å². The molecule has 2 saturated carbocycles. The van der Waals surface area contributed by atoms with Crippen molar-refractivity contribution >= 4 is 0 Å². The van der Waals surface area contributed by atoms with Crippen molar-refractivity contribution in [2.24, 2.45) is 17.3 Å². The number of aromatic nitrogens is 2. The smallest absolute Gasteiger partial charge is 0.0991 e. The van der Waals surface area contributed by atoms with E-state index >= 15 is 0 Å². The van der Waals surface area contributed by atoms with Crippen LogP contribution in [0.4, 0.5) is 0 Å². The van der Waals surface area contributed by atoms with Crippen molar-refractivity contribution in [1.29, 1.82) is 5.26 Å². The first-order valence-electron chi connectivity index (χ1n) is 13.0. The number of rotatable bonds is 5. The highest BCUT2D eigenvalue weighted by atomic mass is 16.3. The number of benzene rings is 2. The molecule has 35 heavy (non-hydrogen) atoms. The summed E-state index contributed by atoms with van der Waals surface area (Å²) in [6, 6.07) is 18.3. The van der Waals surface area contributed by atoms with Crippen LogP contribution in [-0.2, 0) is 5.60 Å². The number of imidazole rings is 1. The topological polar surface area (TPSA) is 82.1 Å². The highest BCUT2D eigenvalue weighted by molar-refractivity contribution is 5.68. The third kappa shape index (κ3) is 3.46. The lowest BCUT2D eigenvalue weighted by atomic mass is 9.52. The number of hydrogen-bond donors (Lipinski definition) is 2. The fourth-order valence-corrected chi connectivity index (χ4v) is 7.60. The number of aliphatic hydroxyl groups excluding tert-OH is 1. The van der Waals surface area contributed by atoms with Gasteiger partial charge in [0.1, 0.15) is 0 Å². The van der Waals surface area contributed by atoms with Crippen LogP contribution < -0.4 is 0 Å². The molecule has 2 heterocycles. The van der Waals surface area contributed by atoms with Gasteiger partial charge in [0.25, 0.3) is 0 Å². The molecule has 0 saturated heterocycles. The Balaban J connectivity index is 1.30. The largest absolute Gasteiger partial charge is 0.392 e. The van der Waals surface area contributed by atoms with Gasteiger partial charge in [-0.3, -0.25) is 0 Å². The van der Waals surface area contributed by atoms with Crippen LogP contribution >= 0.6 is 0 Å². The van der Waals surface area contributed by atoms with Gasteiger partial charge in [0.05, 0.1) is 47.6 Å². The molecule has 2 aliphatic carbocycles. The first-order chi connectivity index (χ1) is 17.0. The third-order valence-electron chi connectivity index (χ3n) is 9.52. The van der Waals surface area contributed by atoms with Gasteiger partial charge in [-0.2, -0.15) is 5.26 Å². The Morgan fingerprint density at radius 1 is 1.20 bits per heavy atom. The quantitative estimate of drug-likeness (QED) is 0.514. The molecular weight excluding hydrogens is 434 g/mol. The molecule has 5 heteroatoms. The van der Waals surface area contributed by atoms with Gasteiger partial charge in [-0.25, -0.2) is 4.98 Å². The van der Waals surface area contributed by atoms with E-state index in [-0.39, 0.29) is 17.4 Å². The summed E-state index contributed by atoms with van der Waals surface area (Å²) in [5, 5.41) is 33.3. The van der Waals surface area contributed by atoms with Gasteiger partial charge in [-0.05, 0) is 85.5 Å². The van der Waals surface area contributed by atoms with E-state index < -0.39 is 11.7 Å². The van der Waals surface area contributed by atoms with Crippen LogP contribution in [0, 0.1) is 28.6 Å². The molecule has 2 fully saturated rings. The third-order valence-corrected chi connectivity index (χ3v) is 9.52. The van der Waals surface area contributed by atoms with Crippen LogP contribution in [0.5, 0.6) is 0 Å². The number of fused-ring (bicyclic) bond motifs is 5. The summed E-state index contributed by atoms with van der Waals surface area (Å²) in [5.41, 5.74) is 3.86. The van der Waals surface area contributed by atoms with E-state index in [1.165, 1.54) is 11.1 Å². The number of hydrogen-bond acceptors (Lipinski definition) is 4. The summed E-state index contributed by atoms with van der Waals surface area (Å²) in [4.78, 5) is 4.39. The van der Waals surface area contributed by atoms with Crippen LogP contribution in [0.25, 0.3) is 11.3 Å². The molecule has 3 aromatic rings. The maximum Gasteiger partial charge on any atom is 0.0991 e. The molecule has 6 atom stereocenters. The fraction of sp³-hybridized carbons (Fsp3) is 0.467. The van der Waals surface area contributed by atoms with Crippen LogP contribution in [0.1, 0.15) is 74.6 Å². The highest BCUT2D eigenvalue weighted by Crippen LogP contribution is 2.59. The van der Waals surface area contributed by atoms with Gasteiger partial charge in [0.15, 0.2) is 0 Å². The van der Waals surface area contributed by atoms with E-state index in [4.69, 9.17) is 0 Å². The Labute approximate surface area is 207 Å². The Bertz CT molecular complexity index is 1290. The second-order valence-electron chi connectivity index (χ2n) is 11.1. The zero-order valence-corrected chi connectivity index (χ0v) is 20.3. The normalized spacial score (nSPS) is 31.9. The summed E-state index contributed by atoms with van der Waals surface area (Å²) in [5.74, 6) is 0.598. The predicted octanol–water partition coefficient (Wildman–Crippen LogP) is 5.57. The summed E-state index contributed by atoms with van der Waals surface area (Å²) in [6.45, 7) is 2.20. The number of aliphatic hydroxyl groups is 2. The summed E-state index contributed by atoms with van der Waals surface area (Å²) < 4.78 is 2.21. The molecular formula is C30H33N3O2. The van der Waals surface area contributed by atoms with Crippen molar-refractivity contribution in [3.63, 3.8) is 0 Å². The molecule has 0 amide bonds. The first kappa shape index (κ1) is 22.5. The maximum absolute atomic E-state index is 12.0. The SMILES string of the molecule is CCC1(C(O)CC2c3ccccc3-c3cncn32)CC2CCC(O)(c3cccc(C#N)c3)C(C2)C1. The molecule has 1 aromatic heterocycles. The van der Waals surface area contributed by atoms with E-state index in [1.807, 2.05) is 30.7 Å². The van der Waals surface area contributed by atoms with Gasteiger partial charge in [-0.1, -0.05) is 43.3 Å². The predicted molar refractivity (Wildman–Crippen MR) is 134 cm³/mol. The van der Waals surface area contributed by atoms with Gasteiger partial charge in [-0.15, -0.1) is 0 Å². The Morgan fingerprint density at radius 3 is 2.89 bits per heavy atom. The van der Waals surface area contributed by atoms with E-state index in [0.29, 0.717) is 17.9 Å². The van der Waals surface area contributed by atoms with E-state index in [9.17, 15) is 15.5 Å². The minimum atomic E-state index is -0.943. The lowest BCUT2D eigenvalue weighted by Gasteiger charge is -2.55. The van der Waals surface area contributed by atoms with Crippen LogP contribution in [0.15, 0.2) is 61.1 Å². The molecule has 3 aliphatic rings. The minimum absolute atomic E-state index is 0.0788. The monoisotopic (exact) mass is 467 g/mol. The number of nitriles is 1. The molecule has 180 valence electrons. The lowest BCUT2D eigenvalue weighted by molar-refractivity contribution is -0.142. The second kappa shape index (κ2) is 8.33. The standard InChI is InChI=1S/C30H33N3O2/c1-2-29(28(34)14-26-24-8-3-4-9-25(24)27-18-32-19-33(26)27)15-20-10-11-30(35,23(12-20)16-29)22-7-5-6-21(13-22)17-31/h3-9,13,18-20,23,26,28,34-35H,2,10-12,14-16H2,1H3. The average Bonchev–Trinajstić information content (AvgIpc) is 3.49. The fourth-order valence-electron chi connectivity index (χ4n) is 7.60. The van der Waals surface area contributed by atoms with Gasteiger partial charge in [0, 0.05) is 5.56 Å². The van der Waals surface area contributed by atoms with Crippen molar-refractivity contribution < 1.29 is 10.2 Å². The van der Waals surface area contributed by atoms with E-state index in [1.54, 1.807) is 6.07 Å². The van der Waals surface area contributed by atoms with Crippen LogP contribution in [-0.4, -0.2) is 25.9 Å². The summed E-state index contributed by atoms with van der Waals surface area (Å²) >= 11 is 0. The van der Waals surface area contributed by atoms with Gasteiger partial charge in [0.2, 0.25) is 0 Å².